The zero-order valence-corrected chi connectivity index (χ0v) is 9.50. The van der Waals surface area contributed by atoms with Crippen molar-refractivity contribution in [3.63, 3.8) is 0 Å². The molecule has 1 heterocycles. The van der Waals surface area contributed by atoms with E-state index in [9.17, 15) is 32.5 Å². The first-order chi connectivity index (χ1) is 8.66. The first kappa shape index (κ1) is 15.1. The molecule has 1 N–H and O–H groups in total. The molecular weight excluding hydrogens is 298 g/mol. The van der Waals surface area contributed by atoms with Crippen LogP contribution >= 0.6 is 11.6 Å². The van der Waals surface area contributed by atoms with Gasteiger partial charge in [-0.25, -0.2) is 13.8 Å². The van der Waals surface area contributed by atoms with Crippen LogP contribution in [-0.2, 0) is 4.79 Å². The van der Waals surface area contributed by atoms with Gasteiger partial charge in [0.05, 0.1) is 9.95 Å². The van der Waals surface area contributed by atoms with E-state index in [-0.39, 0.29) is 5.02 Å². The average Bonchev–Trinajstić information content (AvgIpc) is 2.30. The average molecular weight is 302 g/mol. The van der Waals surface area contributed by atoms with Crippen LogP contribution in [0.4, 0.5) is 29.1 Å². The third-order valence-electron chi connectivity index (χ3n) is 1.84. The molecule has 0 unspecified atom stereocenters. The fourth-order valence-electron chi connectivity index (χ4n) is 0.954. The highest BCUT2D eigenvalue weighted by molar-refractivity contribution is 6.30. The summed E-state index contributed by atoms with van der Waals surface area (Å²) in [6.45, 7) is 0. The van der Waals surface area contributed by atoms with Gasteiger partial charge in [-0.1, -0.05) is 11.6 Å². The number of hydrogen-bond acceptors (Lipinski definition) is 4. The summed E-state index contributed by atoms with van der Waals surface area (Å²) in [4.78, 5) is 23.6. The van der Waals surface area contributed by atoms with E-state index < -0.39 is 34.7 Å². The number of aromatic nitrogens is 1. The van der Waals surface area contributed by atoms with Crippen molar-refractivity contribution in [2.75, 3.05) is 5.32 Å². The summed E-state index contributed by atoms with van der Waals surface area (Å²) < 4.78 is 49.1. The number of carbonyl (C=O) groups is 1. The molecule has 0 aliphatic carbocycles. The second kappa shape index (κ2) is 5.34. The quantitative estimate of drug-likeness (QED) is 0.526. The molecular formula is C8H4ClF4N3O3. The molecule has 0 bridgehead atoms. The largest absolute Gasteiger partial charge is 0.383 e. The minimum Gasteiger partial charge on any atom is -0.299 e. The molecule has 1 aromatic heterocycles. The third-order valence-corrected chi connectivity index (χ3v) is 2.05. The molecule has 1 aromatic rings. The molecule has 0 saturated heterocycles. The monoisotopic (exact) mass is 301 g/mol. The molecule has 0 aliphatic heterocycles. The summed E-state index contributed by atoms with van der Waals surface area (Å²) in [5.74, 6) is -8.30. The molecule has 0 aliphatic rings. The lowest BCUT2D eigenvalue weighted by molar-refractivity contribution is -0.384. The number of pyridine rings is 1. The van der Waals surface area contributed by atoms with E-state index in [0.717, 1.165) is 12.3 Å². The lowest BCUT2D eigenvalue weighted by Crippen LogP contribution is -2.41. The van der Waals surface area contributed by atoms with Gasteiger partial charge in [0.15, 0.2) is 0 Å². The topological polar surface area (TPSA) is 85.1 Å². The molecule has 1 amide bonds. The van der Waals surface area contributed by atoms with Crippen LogP contribution in [-0.4, -0.2) is 28.2 Å². The minimum atomic E-state index is -4.99. The van der Waals surface area contributed by atoms with E-state index in [2.05, 4.69) is 4.98 Å². The zero-order valence-electron chi connectivity index (χ0n) is 8.74. The SMILES string of the molecule is O=C(Nc1ncc(Cl)cc1[N+](=O)[O-])C(F)(F)C(F)F. The lowest BCUT2D eigenvalue weighted by Gasteiger charge is -2.14. The standard InChI is InChI=1S/C8H4ClF4N3O3/c9-3-1-4(16(18)19)5(14-2-3)15-7(17)8(12,13)6(10)11/h1-2,6H,(H,14,15,17). The van der Waals surface area contributed by atoms with Gasteiger partial charge in [0.25, 0.3) is 0 Å². The first-order valence-electron chi connectivity index (χ1n) is 4.43. The Bertz CT molecular complexity index is 526. The van der Waals surface area contributed by atoms with Gasteiger partial charge < -0.3 is 0 Å². The van der Waals surface area contributed by atoms with Crippen molar-refractivity contribution < 1.29 is 27.3 Å². The van der Waals surface area contributed by atoms with Crippen LogP contribution in [0, 0.1) is 10.1 Å². The molecule has 0 spiro atoms. The Morgan fingerprint density at radius 3 is 2.58 bits per heavy atom. The molecule has 11 heteroatoms. The highest BCUT2D eigenvalue weighted by atomic mass is 35.5. The van der Waals surface area contributed by atoms with Crippen LogP contribution in [0.15, 0.2) is 12.3 Å². The van der Waals surface area contributed by atoms with Crippen molar-refractivity contribution in [1.29, 1.82) is 0 Å². The number of carbonyl (C=O) groups excluding carboxylic acids is 1. The maximum absolute atomic E-state index is 12.7. The smallest absolute Gasteiger partial charge is 0.299 e. The van der Waals surface area contributed by atoms with Gasteiger partial charge >= 0.3 is 23.9 Å². The molecule has 0 fully saturated rings. The Morgan fingerprint density at radius 2 is 2.11 bits per heavy atom. The molecule has 6 nitrogen and oxygen atoms in total. The van der Waals surface area contributed by atoms with Crippen molar-refractivity contribution in [1.82, 2.24) is 4.98 Å². The van der Waals surface area contributed by atoms with Gasteiger partial charge in [-0.3, -0.25) is 20.2 Å². The number of hydrogen-bond donors (Lipinski definition) is 1. The van der Waals surface area contributed by atoms with E-state index in [0.29, 0.717) is 0 Å². The van der Waals surface area contributed by atoms with E-state index in [1.807, 2.05) is 0 Å². The van der Waals surface area contributed by atoms with Crippen molar-refractivity contribution in [3.05, 3.63) is 27.4 Å². The summed E-state index contributed by atoms with van der Waals surface area (Å²) in [6, 6.07) is 0.727. The van der Waals surface area contributed by atoms with Crippen molar-refractivity contribution in [2.45, 2.75) is 12.3 Å². The molecule has 1 rings (SSSR count). The molecule has 0 radical (unpaired) electrons. The van der Waals surface area contributed by atoms with E-state index in [1.54, 1.807) is 0 Å². The fourth-order valence-corrected chi connectivity index (χ4v) is 1.11. The Kier molecular flexibility index (Phi) is 4.24. The molecule has 0 aromatic carbocycles. The van der Waals surface area contributed by atoms with Crippen LogP contribution in [0.2, 0.25) is 5.02 Å². The normalized spacial score (nSPS) is 11.5. The van der Waals surface area contributed by atoms with Crippen molar-refractivity contribution in [3.8, 4) is 0 Å². The molecule has 104 valence electrons. The Labute approximate surface area is 107 Å². The van der Waals surface area contributed by atoms with Crippen LogP contribution < -0.4 is 5.32 Å². The van der Waals surface area contributed by atoms with Crippen molar-refractivity contribution >= 4 is 29.0 Å². The van der Waals surface area contributed by atoms with E-state index >= 15 is 0 Å². The third kappa shape index (κ3) is 3.28. The highest BCUT2D eigenvalue weighted by Gasteiger charge is 2.49. The van der Waals surface area contributed by atoms with Crippen LogP contribution in [0.5, 0.6) is 0 Å². The Hall–Kier alpha value is -1.97. The van der Waals surface area contributed by atoms with Crippen LogP contribution in [0.1, 0.15) is 0 Å². The second-order valence-electron chi connectivity index (χ2n) is 3.16. The molecule has 19 heavy (non-hydrogen) atoms. The number of amides is 1. The van der Waals surface area contributed by atoms with Gasteiger partial charge in [0.2, 0.25) is 5.82 Å². The number of alkyl halides is 4. The summed E-state index contributed by atoms with van der Waals surface area (Å²) >= 11 is 5.39. The predicted molar refractivity (Wildman–Crippen MR) is 55.5 cm³/mol. The van der Waals surface area contributed by atoms with Crippen LogP contribution in [0.3, 0.4) is 0 Å². The lowest BCUT2D eigenvalue weighted by atomic mass is 10.3. The number of rotatable bonds is 4. The molecule has 0 atom stereocenters. The van der Waals surface area contributed by atoms with Gasteiger partial charge in [-0.15, -0.1) is 0 Å². The number of nitro groups is 1. The number of halogens is 5. The zero-order chi connectivity index (χ0) is 14.8. The number of anilines is 1. The number of nitrogens with one attached hydrogen (secondary N) is 1. The van der Waals surface area contributed by atoms with Gasteiger partial charge in [-0.2, -0.15) is 8.78 Å². The minimum absolute atomic E-state index is 0.190. The number of nitrogens with zero attached hydrogens (tertiary/aromatic N) is 2. The first-order valence-corrected chi connectivity index (χ1v) is 4.81. The predicted octanol–water partition coefficient (Wildman–Crippen LogP) is 2.48. The van der Waals surface area contributed by atoms with Gasteiger partial charge in [-0.05, 0) is 0 Å². The van der Waals surface area contributed by atoms with E-state index in [4.69, 9.17) is 11.6 Å². The Morgan fingerprint density at radius 1 is 1.53 bits per heavy atom. The second-order valence-corrected chi connectivity index (χ2v) is 3.59. The summed E-state index contributed by atoms with van der Waals surface area (Å²) in [7, 11) is 0. The maximum atomic E-state index is 12.7. The fraction of sp³-hybridized carbons (Fsp3) is 0.250. The van der Waals surface area contributed by atoms with Crippen molar-refractivity contribution in [2.24, 2.45) is 0 Å². The van der Waals surface area contributed by atoms with Crippen LogP contribution in [0.25, 0.3) is 0 Å². The summed E-state index contributed by atoms with van der Waals surface area (Å²) in [5.41, 5.74) is -0.897. The Balaban J connectivity index is 3.07. The molecule has 0 saturated carbocycles. The summed E-state index contributed by atoms with van der Waals surface area (Å²) in [5, 5.41) is 11.6. The maximum Gasteiger partial charge on any atom is 0.383 e. The van der Waals surface area contributed by atoms with Gasteiger partial charge in [0, 0.05) is 12.3 Å². The summed E-state index contributed by atoms with van der Waals surface area (Å²) in [6.07, 6.45) is -3.43. The van der Waals surface area contributed by atoms with E-state index in [1.165, 1.54) is 5.32 Å². The van der Waals surface area contributed by atoms with Gasteiger partial charge in [0.1, 0.15) is 0 Å². The highest BCUT2D eigenvalue weighted by Crippen LogP contribution is 2.28.